The smallest absolute Gasteiger partial charge is 0.221 e. The lowest BCUT2D eigenvalue weighted by atomic mass is 10.1. The molecule has 1 unspecified atom stereocenters. The summed E-state index contributed by atoms with van der Waals surface area (Å²) in [6.45, 7) is 2.24. The summed E-state index contributed by atoms with van der Waals surface area (Å²) in [5.41, 5.74) is 5.52. The SMILES string of the molecule is CN1CCCC(Nc2ccnc(N)n2)C1. The van der Waals surface area contributed by atoms with Gasteiger partial charge in [-0.1, -0.05) is 0 Å². The topological polar surface area (TPSA) is 67.1 Å². The molecule has 1 aromatic rings. The Bertz CT molecular complexity index is 327. The van der Waals surface area contributed by atoms with Crippen molar-refractivity contribution < 1.29 is 0 Å². The highest BCUT2D eigenvalue weighted by Gasteiger charge is 2.16. The van der Waals surface area contributed by atoms with Crippen LogP contribution < -0.4 is 11.1 Å². The molecule has 0 aromatic carbocycles. The van der Waals surface area contributed by atoms with Gasteiger partial charge in [-0.2, -0.15) is 4.98 Å². The number of likely N-dealkylation sites (tertiary alicyclic amines) is 1. The Labute approximate surface area is 89.7 Å². The van der Waals surface area contributed by atoms with E-state index in [1.54, 1.807) is 6.20 Å². The molecular weight excluding hydrogens is 190 g/mol. The predicted molar refractivity (Wildman–Crippen MR) is 60.6 cm³/mol. The number of likely N-dealkylation sites (N-methyl/N-ethyl adjacent to an activating group) is 1. The Morgan fingerprint density at radius 3 is 3.20 bits per heavy atom. The minimum atomic E-state index is 0.323. The van der Waals surface area contributed by atoms with Crippen LogP contribution in [0, 0.1) is 0 Å². The van der Waals surface area contributed by atoms with Gasteiger partial charge < -0.3 is 16.0 Å². The molecule has 0 spiro atoms. The van der Waals surface area contributed by atoms with Gasteiger partial charge >= 0.3 is 0 Å². The van der Waals surface area contributed by atoms with Crippen LogP contribution >= 0.6 is 0 Å². The lowest BCUT2D eigenvalue weighted by Crippen LogP contribution is -2.39. The number of hydrogen-bond donors (Lipinski definition) is 2. The van der Waals surface area contributed by atoms with Crippen molar-refractivity contribution in [3.63, 3.8) is 0 Å². The van der Waals surface area contributed by atoms with Gasteiger partial charge in [0.15, 0.2) is 0 Å². The fourth-order valence-corrected chi connectivity index (χ4v) is 1.95. The summed E-state index contributed by atoms with van der Waals surface area (Å²) in [6.07, 6.45) is 4.10. The molecule has 1 fully saturated rings. The van der Waals surface area contributed by atoms with Gasteiger partial charge in [-0.3, -0.25) is 0 Å². The van der Waals surface area contributed by atoms with E-state index in [-0.39, 0.29) is 0 Å². The molecule has 2 rings (SSSR count). The summed E-state index contributed by atoms with van der Waals surface area (Å²) in [4.78, 5) is 10.3. The monoisotopic (exact) mass is 207 g/mol. The molecule has 1 saturated heterocycles. The van der Waals surface area contributed by atoms with Gasteiger partial charge in [-0.05, 0) is 32.5 Å². The maximum atomic E-state index is 5.52. The van der Waals surface area contributed by atoms with Crippen molar-refractivity contribution in [3.05, 3.63) is 12.3 Å². The third kappa shape index (κ3) is 2.79. The van der Waals surface area contributed by atoms with E-state index in [4.69, 9.17) is 5.73 Å². The summed E-state index contributed by atoms with van der Waals surface area (Å²) < 4.78 is 0. The molecule has 0 aliphatic carbocycles. The lowest BCUT2D eigenvalue weighted by Gasteiger charge is -2.30. The van der Waals surface area contributed by atoms with E-state index in [1.165, 1.54) is 19.4 Å². The number of rotatable bonds is 2. The second-order valence-corrected chi connectivity index (χ2v) is 4.05. The van der Waals surface area contributed by atoms with Crippen molar-refractivity contribution >= 4 is 11.8 Å². The largest absolute Gasteiger partial charge is 0.368 e. The van der Waals surface area contributed by atoms with Gasteiger partial charge in [-0.15, -0.1) is 0 Å². The van der Waals surface area contributed by atoms with Gasteiger partial charge in [0, 0.05) is 18.8 Å². The molecule has 0 bridgehead atoms. The van der Waals surface area contributed by atoms with Gasteiger partial charge in [0.05, 0.1) is 0 Å². The van der Waals surface area contributed by atoms with Crippen LogP contribution in [0.5, 0.6) is 0 Å². The molecule has 1 aliphatic rings. The first-order chi connectivity index (χ1) is 7.24. The molecule has 82 valence electrons. The Kier molecular flexibility index (Phi) is 3.01. The van der Waals surface area contributed by atoms with Crippen LogP contribution in [-0.2, 0) is 0 Å². The molecule has 1 aliphatic heterocycles. The third-order valence-corrected chi connectivity index (χ3v) is 2.65. The summed E-state index contributed by atoms with van der Waals surface area (Å²) >= 11 is 0. The normalized spacial score (nSPS) is 22.6. The lowest BCUT2D eigenvalue weighted by molar-refractivity contribution is 0.261. The van der Waals surface area contributed by atoms with Crippen molar-refractivity contribution in [2.75, 3.05) is 31.2 Å². The minimum Gasteiger partial charge on any atom is -0.368 e. The molecule has 5 heteroatoms. The van der Waals surface area contributed by atoms with E-state index in [2.05, 4.69) is 27.2 Å². The Balaban J connectivity index is 1.96. The van der Waals surface area contributed by atoms with Crippen LogP contribution in [0.25, 0.3) is 0 Å². The van der Waals surface area contributed by atoms with E-state index < -0.39 is 0 Å². The number of nitrogens with two attached hydrogens (primary N) is 1. The maximum Gasteiger partial charge on any atom is 0.221 e. The molecule has 5 nitrogen and oxygen atoms in total. The second kappa shape index (κ2) is 4.44. The first-order valence-electron chi connectivity index (χ1n) is 5.27. The van der Waals surface area contributed by atoms with E-state index in [1.807, 2.05) is 6.07 Å². The number of nitrogens with zero attached hydrogens (tertiary/aromatic N) is 3. The Morgan fingerprint density at radius 1 is 1.60 bits per heavy atom. The standard InChI is InChI=1S/C10H17N5/c1-15-6-2-3-8(7-15)13-9-4-5-12-10(11)14-9/h4-5,8H,2-3,6-7H2,1H3,(H3,11,12,13,14). The van der Waals surface area contributed by atoms with Crippen molar-refractivity contribution in [2.45, 2.75) is 18.9 Å². The molecule has 0 amide bonds. The maximum absolute atomic E-state index is 5.52. The van der Waals surface area contributed by atoms with Crippen molar-refractivity contribution in [1.29, 1.82) is 0 Å². The van der Waals surface area contributed by atoms with Crippen LogP contribution in [-0.4, -0.2) is 41.0 Å². The number of nitrogen functional groups attached to an aromatic ring is 1. The van der Waals surface area contributed by atoms with Crippen molar-refractivity contribution in [3.8, 4) is 0 Å². The number of piperidine rings is 1. The van der Waals surface area contributed by atoms with Crippen LogP contribution in [0.3, 0.4) is 0 Å². The molecule has 0 saturated carbocycles. The zero-order valence-corrected chi connectivity index (χ0v) is 8.98. The summed E-state index contributed by atoms with van der Waals surface area (Å²) in [5, 5.41) is 3.38. The van der Waals surface area contributed by atoms with Gasteiger partial charge in [0.25, 0.3) is 0 Å². The Morgan fingerprint density at radius 2 is 2.47 bits per heavy atom. The van der Waals surface area contributed by atoms with E-state index in [0.29, 0.717) is 12.0 Å². The van der Waals surface area contributed by atoms with Gasteiger partial charge in [0.1, 0.15) is 5.82 Å². The number of hydrogen-bond acceptors (Lipinski definition) is 5. The highest BCUT2D eigenvalue weighted by molar-refractivity contribution is 5.38. The van der Waals surface area contributed by atoms with Crippen LogP contribution in [0.15, 0.2) is 12.3 Å². The summed E-state index contributed by atoms with van der Waals surface area (Å²) in [6, 6.07) is 2.32. The zero-order valence-electron chi connectivity index (χ0n) is 8.98. The van der Waals surface area contributed by atoms with Crippen molar-refractivity contribution in [1.82, 2.24) is 14.9 Å². The van der Waals surface area contributed by atoms with E-state index >= 15 is 0 Å². The average molecular weight is 207 g/mol. The first-order valence-corrected chi connectivity index (χ1v) is 5.27. The molecule has 1 atom stereocenters. The number of aromatic nitrogens is 2. The predicted octanol–water partition coefficient (Wildman–Crippen LogP) is 0.565. The second-order valence-electron chi connectivity index (χ2n) is 4.05. The van der Waals surface area contributed by atoms with Crippen LogP contribution in [0.2, 0.25) is 0 Å². The van der Waals surface area contributed by atoms with Gasteiger partial charge in [0.2, 0.25) is 5.95 Å². The third-order valence-electron chi connectivity index (χ3n) is 2.65. The minimum absolute atomic E-state index is 0.323. The molecule has 0 radical (unpaired) electrons. The zero-order chi connectivity index (χ0) is 10.7. The highest BCUT2D eigenvalue weighted by Crippen LogP contribution is 2.13. The first kappa shape index (κ1) is 10.2. The average Bonchev–Trinajstić information content (AvgIpc) is 2.17. The Hall–Kier alpha value is -1.36. The van der Waals surface area contributed by atoms with Crippen LogP contribution in [0.1, 0.15) is 12.8 Å². The number of nitrogens with one attached hydrogen (secondary N) is 1. The summed E-state index contributed by atoms with van der Waals surface area (Å²) in [7, 11) is 2.14. The molecule has 15 heavy (non-hydrogen) atoms. The molecule has 1 aromatic heterocycles. The van der Waals surface area contributed by atoms with Crippen molar-refractivity contribution in [2.24, 2.45) is 0 Å². The molecule has 2 heterocycles. The summed E-state index contributed by atoms with van der Waals surface area (Å²) in [5.74, 6) is 1.15. The van der Waals surface area contributed by atoms with Gasteiger partial charge in [-0.25, -0.2) is 4.98 Å². The quantitative estimate of drug-likeness (QED) is 0.742. The van der Waals surface area contributed by atoms with Crippen LogP contribution in [0.4, 0.5) is 11.8 Å². The highest BCUT2D eigenvalue weighted by atomic mass is 15.2. The van der Waals surface area contributed by atoms with E-state index in [0.717, 1.165) is 12.4 Å². The molecule has 3 N–H and O–H groups in total. The fourth-order valence-electron chi connectivity index (χ4n) is 1.95. The molecular formula is C10H17N5. The number of anilines is 2. The fraction of sp³-hybridized carbons (Fsp3) is 0.600. The van der Waals surface area contributed by atoms with E-state index in [9.17, 15) is 0 Å².